The Kier molecular flexibility index (Phi) is 2.66. The van der Waals surface area contributed by atoms with Gasteiger partial charge < -0.3 is 4.74 Å². The second-order valence-electron chi connectivity index (χ2n) is 4.12. The topological polar surface area (TPSA) is 43.4 Å². The lowest BCUT2D eigenvalue weighted by atomic mass is 9.80. The first kappa shape index (κ1) is 9.44. The van der Waals surface area contributed by atoms with Crippen LogP contribution in [-0.2, 0) is 14.3 Å². The summed E-state index contributed by atoms with van der Waals surface area (Å²) in [5.74, 6) is 0.373. The van der Waals surface area contributed by atoms with Gasteiger partial charge in [-0.3, -0.25) is 9.59 Å². The molecule has 0 aromatic rings. The van der Waals surface area contributed by atoms with E-state index in [9.17, 15) is 9.59 Å². The zero-order valence-corrected chi connectivity index (χ0v) is 8.02. The monoisotopic (exact) mass is 194 g/mol. The lowest BCUT2D eigenvalue weighted by Crippen LogP contribution is -2.27. The number of allylic oxidation sites excluding steroid dienone is 2. The molecule has 3 unspecified atom stereocenters. The molecular weight excluding hydrogens is 180 g/mol. The van der Waals surface area contributed by atoms with E-state index >= 15 is 0 Å². The molecule has 0 spiro atoms. The van der Waals surface area contributed by atoms with Crippen molar-refractivity contribution in [2.45, 2.75) is 25.7 Å². The summed E-state index contributed by atoms with van der Waals surface area (Å²) in [6.45, 7) is 0.241. The number of hydrogen-bond acceptors (Lipinski definition) is 3. The maximum absolute atomic E-state index is 11.5. The molecule has 0 aromatic heterocycles. The van der Waals surface area contributed by atoms with Gasteiger partial charge in [-0.2, -0.15) is 0 Å². The number of hydrogen-bond donors (Lipinski definition) is 0. The average Bonchev–Trinajstić information content (AvgIpc) is 2.52. The van der Waals surface area contributed by atoms with Gasteiger partial charge in [0.25, 0.3) is 0 Å². The van der Waals surface area contributed by atoms with Crippen LogP contribution >= 0.6 is 0 Å². The lowest BCUT2D eigenvalue weighted by molar-refractivity contribution is -0.156. The quantitative estimate of drug-likeness (QED) is 0.291. The van der Waals surface area contributed by atoms with Gasteiger partial charge in [-0.1, -0.05) is 18.6 Å². The van der Waals surface area contributed by atoms with E-state index in [0.29, 0.717) is 11.8 Å². The van der Waals surface area contributed by atoms with Gasteiger partial charge in [0.1, 0.15) is 0 Å². The van der Waals surface area contributed by atoms with E-state index in [4.69, 9.17) is 0 Å². The second-order valence-corrected chi connectivity index (χ2v) is 4.12. The molecule has 3 nitrogen and oxygen atoms in total. The Morgan fingerprint density at radius 3 is 3.00 bits per heavy atom. The molecule has 0 saturated heterocycles. The van der Waals surface area contributed by atoms with Crippen molar-refractivity contribution in [3.05, 3.63) is 12.2 Å². The predicted molar refractivity (Wildman–Crippen MR) is 50.2 cm³/mol. The van der Waals surface area contributed by atoms with Crippen molar-refractivity contribution in [3.63, 3.8) is 0 Å². The number of fused-ring (bicyclic) bond motifs is 3. The SMILES string of the molecule is O=COC(=O)C1CC2C=CC1CCC2. The molecule has 3 aliphatic carbocycles. The number of esters is 1. The highest BCUT2D eigenvalue weighted by atomic mass is 16.6. The van der Waals surface area contributed by atoms with Crippen molar-refractivity contribution in [1.82, 2.24) is 0 Å². The Hall–Kier alpha value is -1.12. The predicted octanol–water partition coefficient (Wildman–Crippen LogP) is 1.68. The highest BCUT2D eigenvalue weighted by Gasteiger charge is 2.35. The Labute approximate surface area is 83.1 Å². The van der Waals surface area contributed by atoms with Crippen molar-refractivity contribution in [2.75, 3.05) is 0 Å². The van der Waals surface area contributed by atoms with Crippen LogP contribution in [0.15, 0.2) is 12.2 Å². The fraction of sp³-hybridized carbons (Fsp3) is 0.636. The van der Waals surface area contributed by atoms with Crippen molar-refractivity contribution >= 4 is 12.4 Å². The van der Waals surface area contributed by atoms with E-state index in [1.165, 1.54) is 6.42 Å². The minimum atomic E-state index is -0.346. The fourth-order valence-electron chi connectivity index (χ4n) is 2.55. The lowest BCUT2D eigenvalue weighted by Gasteiger charge is -2.25. The summed E-state index contributed by atoms with van der Waals surface area (Å²) >= 11 is 0. The van der Waals surface area contributed by atoms with E-state index in [0.717, 1.165) is 19.3 Å². The summed E-state index contributed by atoms with van der Waals surface area (Å²) in [7, 11) is 0. The number of ether oxygens (including phenoxy) is 1. The van der Waals surface area contributed by atoms with Crippen LogP contribution in [0, 0.1) is 17.8 Å². The van der Waals surface area contributed by atoms with Crippen molar-refractivity contribution in [3.8, 4) is 0 Å². The molecule has 0 N–H and O–H groups in total. The Morgan fingerprint density at radius 2 is 2.21 bits per heavy atom. The number of carbonyl (C=O) groups excluding carboxylic acids is 2. The minimum absolute atomic E-state index is 0.0855. The van der Waals surface area contributed by atoms with Crippen molar-refractivity contribution in [1.29, 1.82) is 0 Å². The zero-order valence-electron chi connectivity index (χ0n) is 8.02. The molecule has 3 rings (SSSR count). The van der Waals surface area contributed by atoms with Gasteiger partial charge in [0.2, 0.25) is 0 Å². The molecule has 1 fully saturated rings. The summed E-state index contributed by atoms with van der Waals surface area (Å²) in [6.07, 6.45) is 8.57. The van der Waals surface area contributed by atoms with Crippen LogP contribution in [0.2, 0.25) is 0 Å². The van der Waals surface area contributed by atoms with Crippen LogP contribution in [0.4, 0.5) is 0 Å². The summed E-state index contributed by atoms with van der Waals surface area (Å²) in [5.41, 5.74) is 0. The molecule has 0 amide bonds. The molecule has 2 bridgehead atoms. The summed E-state index contributed by atoms with van der Waals surface area (Å²) in [6, 6.07) is 0. The molecule has 76 valence electrons. The van der Waals surface area contributed by atoms with E-state index in [1.807, 2.05) is 0 Å². The zero-order chi connectivity index (χ0) is 9.97. The van der Waals surface area contributed by atoms with Crippen LogP contribution < -0.4 is 0 Å². The van der Waals surface area contributed by atoms with Gasteiger partial charge in [0.05, 0.1) is 5.92 Å². The van der Waals surface area contributed by atoms with Crippen molar-refractivity contribution < 1.29 is 14.3 Å². The van der Waals surface area contributed by atoms with Gasteiger partial charge in [0.15, 0.2) is 0 Å². The van der Waals surface area contributed by atoms with Gasteiger partial charge in [0, 0.05) is 0 Å². The normalized spacial score (nSPS) is 35.0. The second kappa shape index (κ2) is 3.95. The molecule has 3 heteroatoms. The number of carbonyl (C=O) groups is 2. The minimum Gasteiger partial charge on any atom is -0.395 e. The first-order chi connectivity index (χ1) is 6.81. The molecule has 0 aromatic carbocycles. The third-order valence-corrected chi connectivity index (χ3v) is 3.28. The van der Waals surface area contributed by atoms with Crippen molar-refractivity contribution in [2.24, 2.45) is 17.8 Å². The highest BCUT2D eigenvalue weighted by Crippen LogP contribution is 2.38. The molecule has 1 saturated carbocycles. The van der Waals surface area contributed by atoms with Crippen LogP contribution in [-0.4, -0.2) is 12.4 Å². The largest absolute Gasteiger partial charge is 0.395 e. The molecular formula is C11H14O3. The van der Waals surface area contributed by atoms with E-state index < -0.39 is 0 Å². The molecule has 14 heavy (non-hydrogen) atoms. The maximum atomic E-state index is 11.5. The molecule has 3 aliphatic rings. The Balaban J connectivity index is 2.10. The van der Waals surface area contributed by atoms with Crippen LogP contribution in [0.5, 0.6) is 0 Å². The first-order valence-corrected chi connectivity index (χ1v) is 5.13. The van der Waals surface area contributed by atoms with Gasteiger partial charge >= 0.3 is 12.4 Å². The highest BCUT2D eigenvalue weighted by molar-refractivity contribution is 5.79. The molecule has 3 atom stereocenters. The van der Waals surface area contributed by atoms with Crippen LogP contribution in [0.1, 0.15) is 25.7 Å². The first-order valence-electron chi connectivity index (χ1n) is 5.13. The third kappa shape index (κ3) is 1.72. The molecule has 0 radical (unpaired) electrons. The van der Waals surface area contributed by atoms with Gasteiger partial charge in [-0.15, -0.1) is 0 Å². The fourth-order valence-corrected chi connectivity index (χ4v) is 2.55. The maximum Gasteiger partial charge on any atom is 0.317 e. The van der Waals surface area contributed by atoms with Crippen LogP contribution in [0.25, 0.3) is 0 Å². The standard InChI is InChI=1S/C11H14O3/c12-7-14-11(13)10-6-8-2-1-3-9(10)5-4-8/h4-5,7-10H,1-3,6H2. The van der Waals surface area contributed by atoms with Gasteiger partial charge in [-0.05, 0) is 31.1 Å². The van der Waals surface area contributed by atoms with Crippen LogP contribution in [0.3, 0.4) is 0 Å². The van der Waals surface area contributed by atoms with E-state index in [2.05, 4.69) is 16.9 Å². The van der Waals surface area contributed by atoms with E-state index in [-0.39, 0.29) is 18.4 Å². The third-order valence-electron chi connectivity index (χ3n) is 3.28. The smallest absolute Gasteiger partial charge is 0.317 e. The number of rotatable bonds is 2. The van der Waals surface area contributed by atoms with Gasteiger partial charge in [-0.25, -0.2) is 0 Å². The summed E-state index contributed by atoms with van der Waals surface area (Å²) < 4.78 is 4.44. The summed E-state index contributed by atoms with van der Waals surface area (Å²) in [4.78, 5) is 21.5. The average molecular weight is 194 g/mol. The van der Waals surface area contributed by atoms with E-state index in [1.54, 1.807) is 0 Å². The molecule has 0 heterocycles. The Morgan fingerprint density at radius 1 is 1.36 bits per heavy atom. The molecule has 0 aliphatic heterocycles. The Bertz CT molecular complexity index is 270. The summed E-state index contributed by atoms with van der Waals surface area (Å²) in [5, 5.41) is 0.